The van der Waals surface area contributed by atoms with E-state index in [4.69, 9.17) is 6.57 Å². The van der Waals surface area contributed by atoms with E-state index in [1.54, 1.807) is 20.8 Å². The van der Waals surface area contributed by atoms with E-state index in [1.165, 1.54) is 0 Å². The van der Waals surface area contributed by atoms with Crippen molar-refractivity contribution in [3.63, 3.8) is 0 Å². The van der Waals surface area contributed by atoms with Crippen molar-refractivity contribution in [1.82, 2.24) is 9.88 Å². The third kappa shape index (κ3) is 2.94. The molecule has 0 saturated heterocycles. The van der Waals surface area contributed by atoms with Gasteiger partial charge in [-0.05, 0) is 19.4 Å². The van der Waals surface area contributed by atoms with Crippen LogP contribution in [0.15, 0.2) is 4.79 Å². The van der Waals surface area contributed by atoms with Crippen LogP contribution in [0.25, 0.3) is 4.85 Å². The van der Waals surface area contributed by atoms with Crippen LogP contribution in [0, 0.1) is 20.4 Å². The Labute approximate surface area is 111 Å². The van der Waals surface area contributed by atoms with Crippen molar-refractivity contribution in [3.8, 4) is 5.88 Å². The first-order valence-corrected chi connectivity index (χ1v) is 6.01. The van der Waals surface area contributed by atoms with Crippen LogP contribution in [0.2, 0.25) is 0 Å². The maximum Gasteiger partial charge on any atom is 0.259 e. The molecular weight excluding hydrogens is 246 g/mol. The van der Waals surface area contributed by atoms with Crippen molar-refractivity contribution >= 4 is 11.6 Å². The summed E-state index contributed by atoms with van der Waals surface area (Å²) >= 11 is 0. The highest BCUT2D eigenvalue weighted by molar-refractivity contribution is 5.75. The van der Waals surface area contributed by atoms with Gasteiger partial charge in [0.15, 0.2) is 5.88 Å². The normalized spacial score (nSPS) is 10.0. The third-order valence-electron chi connectivity index (χ3n) is 3.05. The molecule has 1 aromatic rings. The maximum absolute atomic E-state index is 12.0. The molecule has 0 aromatic carbocycles. The summed E-state index contributed by atoms with van der Waals surface area (Å²) in [6, 6.07) is 0. The average Bonchev–Trinajstić information content (AvgIpc) is 2.40. The number of nitrogens with zero attached hydrogens (tertiary/aromatic N) is 2. The molecule has 0 bridgehead atoms. The van der Waals surface area contributed by atoms with E-state index in [0.717, 1.165) is 4.57 Å². The van der Waals surface area contributed by atoms with E-state index in [0.29, 0.717) is 17.5 Å². The van der Waals surface area contributed by atoms with Crippen LogP contribution >= 0.6 is 0 Å². The number of aromatic nitrogens is 1. The first-order chi connectivity index (χ1) is 8.93. The summed E-state index contributed by atoms with van der Waals surface area (Å²) in [5.41, 5.74) is 0.484. The summed E-state index contributed by atoms with van der Waals surface area (Å²) in [7, 11) is 0. The fourth-order valence-electron chi connectivity index (χ4n) is 1.70. The molecule has 102 valence electrons. The predicted molar refractivity (Wildman–Crippen MR) is 71.4 cm³/mol. The fourth-order valence-corrected chi connectivity index (χ4v) is 1.70. The third-order valence-corrected chi connectivity index (χ3v) is 3.05. The van der Waals surface area contributed by atoms with Gasteiger partial charge in [-0.3, -0.25) is 14.2 Å². The molecule has 1 rings (SSSR count). The zero-order chi connectivity index (χ0) is 14.6. The van der Waals surface area contributed by atoms with E-state index in [1.807, 2.05) is 0 Å². The van der Waals surface area contributed by atoms with Gasteiger partial charge < -0.3 is 10.4 Å². The Morgan fingerprint density at radius 2 is 2.05 bits per heavy atom. The van der Waals surface area contributed by atoms with Crippen molar-refractivity contribution in [2.24, 2.45) is 0 Å². The van der Waals surface area contributed by atoms with Crippen LogP contribution < -0.4 is 10.9 Å². The number of hydrogen-bond acceptors (Lipinski definition) is 3. The molecule has 2 N–H and O–H groups in total. The summed E-state index contributed by atoms with van der Waals surface area (Å²) in [5, 5.41) is 12.6. The van der Waals surface area contributed by atoms with Gasteiger partial charge in [0.2, 0.25) is 5.91 Å². The van der Waals surface area contributed by atoms with Gasteiger partial charge in [0, 0.05) is 25.1 Å². The van der Waals surface area contributed by atoms with E-state index in [2.05, 4.69) is 10.2 Å². The van der Waals surface area contributed by atoms with Gasteiger partial charge in [-0.2, -0.15) is 0 Å². The minimum Gasteiger partial charge on any atom is -0.494 e. The van der Waals surface area contributed by atoms with E-state index in [9.17, 15) is 14.7 Å². The molecule has 0 aliphatic rings. The molecule has 0 unspecified atom stereocenters. The van der Waals surface area contributed by atoms with E-state index in [-0.39, 0.29) is 30.6 Å². The lowest BCUT2D eigenvalue weighted by Gasteiger charge is -2.14. The molecule has 0 radical (unpaired) electrons. The van der Waals surface area contributed by atoms with Crippen molar-refractivity contribution in [1.29, 1.82) is 0 Å². The molecule has 0 atom stereocenters. The Bertz CT molecular complexity index is 597. The topological polar surface area (TPSA) is 75.7 Å². The molecule has 1 heterocycles. The van der Waals surface area contributed by atoms with Crippen molar-refractivity contribution in [2.45, 2.75) is 33.7 Å². The number of carbonyl (C=O) groups excluding carboxylic acids is 1. The van der Waals surface area contributed by atoms with Gasteiger partial charge in [0.1, 0.15) is 0 Å². The van der Waals surface area contributed by atoms with Crippen LogP contribution in [0.1, 0.15) is 24.5 Å². The summed E-state index contributed by atoms with van der Waals surface area (Å²) in [6.45, 7) is 12.4. The lowest BCUT2D eigenvalue weighted by molar-refractivity contribution is -0.120. The maximum atomic E-state index is 12.0. The highest BCUT2D eigenvalue weighted by atomic mass is 16.3. The Balaban J connectivity index is 3.09. The SMILES string of the molecule is [C-]#[N+]c1c(C)c(C)c(O)n(CCNC(=O)CC)c1=O. The Morgan fingerprint density at radius 1 is 1.42 bits per heavy atom. The zero-order valence-electron chi connectivity index (χ0n) is 11.3. The van der Waals surface area contributed by atoms with Gasteiger partial charge in [-0.25, -0.2) is 4.85 Å². The van der Waals surface area contributed by atoms with Crippen molar-refractivity contribution in [2.75, 3.05) is 6.54 Å². The second-order valence-electron chi connectivity index (χ2n) is 4.19. The van der Waals surface area contributed by atoms with Gasteiger partial charge in [0.25, 0.3) is 11.2 Å². The largest absolute Gasteiger partial charge is 0.494 e. The molecular formula is C13H17N3O3. The summed E-state index contributed by atoms with van der Waals surface area (Å²) in [5.74, 6) is -0.276. The van der Waals surface area contributed by atoms with Crippen LogP contribution in [0.3, 0.4) is 0 Å². The Hall–Kier alpha value is -2.29. The number of pyridine rings is 1. The molecule has 19 heavy (non-hydrogen) atoms. The van der Waals surface area contributed by atoms with E-state index >= 15 is 0 Å². The van der Waals surface area contributed by atoms with Crippen LogP contribution in [0.5, 0.6) is 5.88 Å². The number of amides is 1. The minimum absolute atomic E-state index is 0.0112. The molecule has 1 amide bonds. The second-order valence-corrected chi connectivity index (χ2v) is 4.19. The monoisotopic (exact) mass is 263 g/mol. The molecule has 0 aliphatic carbocycles. The summed E-state index contributed by atoms with van der Waals surface area (Å²) in [6.07, 6.45) is 0.362. The number of nitrogens with one attached hydrogen (secondary N) is 1. The number of rotatable bonds is 4. The average molecular weight is 263 g/mol. The first kappa shape index (κ1) is 14.8. The van der Waals surface area contributed by atoms with Crippen molar-refractivity contribution < 1.29 is 9.90 Å². The second kappa shape index (κ2) is 6.05. The predicted octanol–water partition coefficient (Wildman–Crippen LogP) is 1.25. The lowest BCUT2D eigenvalue weighted by Crippen LogP contribution is -2.30. The molecule has 6 heteroatoms. The number of carbonyl (C=O) groups is 1. The molecule has 0 aliphatic heterocycles. The van der Waals surface area contributed by atoms with Crippen molar-refractivity contribution in [3.05, 3.63) is 32.9 Å². The summed E-state index contributed by atoms with van der Waals surface area (Å²) in [4.78, 5) is 26.3. The molecule has 1 aromatic heterocycles. The minimum atomic E-state index is -0.527. The van der Waals surface area contributed by atoms with Gasteiger partial charge >= 0.3 is 0 Å². The highest BCUT2D eigenvalue weighted by Gasteiger charge is 2.16. The highest BCUT2D eigenvalue weighted by Crippen LogP contribution is 2.24. The summed E-state index contributed by atoms with van der Waals surface area (Å²) < 4.78 is 1.12. The van der Waals surface area contributed by atoms with Crippen LogP contribution in [-0.4, -0.2) is 22.1 Å². The number of aromatic hydroxyl groups is 1. The standard InChI is InChI=1S/C13H17N3O3/c1-5-10(17)15-6-7-16-12(18)9(3)8(2)11(14-4)13(16)19/h18H,5-7H2,1-3H3,(H,15,17). The molecule has 6 nitrogen and oxygen atoms in total. The molecule has 0 saturated carbocycles. The zero-order valence-corrected chi connectivity index (χ0v) is 11.3. The molecule has 0 fully saturated rings. The fraction of sp³-hybridized carbons (Fsp3) is 0.462. The van der Waals surface area contributed by atoms with Crippen LogP contribution in [-0.2, 0) is 11.3 Å². The Kier molecular flexibility index (Phi) is 4.70. The first-order valence-electron chi connectivity index (χ1n) is 6.01. The van der Waals surface area contributed by atoms with Gasteiger partial charge in [-0.15, -0.1) is 0 Å². The smallest absolute Gasteiger partial charge is 0.259 e. The van der Waals surface area contributed by atoms with Gasteiger partial charge in [-0.1, -0.05) is 6.92 Å². The Morgan fingerprint density at radius 3 is 2.58 bits per heavy atom. The van der Waals surface area contributed by atoms with Gasteiger partial charge in [0.05, 0.1) is 6.57 Å². The van der Waals surface area contributed by atoms with E-state index < -0.39 is 5.56 Å². The molecule has 0 spiro atoms. The quantitative estimate of drug-likeness (QED) is 0.803. The number of hydrogen-bond donors (Lipinski definition) is 2. The van der Waals surface area contributed by atoms with Crippen LogP contribution in [0.4, 0.5) is 5.69 Å². The lowest BCUT2D eigenvalue weighted by atomic mass is 10.1.